The fraction of sp³-hybridized carbons (Fsp3) is 0.259. The minimum absolute atomic E-state index is 0. The number of aliphatic carboxylic acids is 1. The molecular weight excluding hydrogens is 1000 g/mol. The molecule has 1 amide bonds. The van der Waals surface area contributed by atoms with Gasteiger partial charge in [0.1, 0.15) is 35.5 Å². The molecule has 6 aromatic carbocycles. The zero-order valence-electron chi connectivity index (χ0n) is 38.7. The number of ketones is 2. The van der Waals surface area contributed by atoms with E-state index in [2.05, 4.69) is 5.32 Å². The number of benzene rings is 6. The number of hydrogen-bond donors (Lipinski definition) is 2. The van der Waals surface area contributed by atoms with Crippen molar-refractivity contribution in [1.29, 1.82) is 0 Å². The number of amides is 1. The monoisotopic (exact) mass is 1050 g/mol. The van der Waals surface area contributed by atoms with Gasteiger partial charge >= 0.3 is 5.97 Å². The third-order valence-corrected chi connectivity index (χ3v) is 12.3. The molecule has 0 saturated carbocycles. The number of halogens is 7. The average molecular weight is 1060 g/mol. The van der Waals surface area contributed by atoms with E-state index in [1.807, 2.05) is 0 Å². The molecule has 0 radical (unpaired) electrons. The Kier molecular flexibility index (Phi) is 22.4. The number of nitrogens with zero attached hydrogens (tertiary/aromatic N) is 1. The van der Waals surface area contributed by atoms with Crippen LogP contribution >= 0.6 is 49.1 Å². The first-order valence-electron chi connectivity index (χ1n) is 22.0. The van der Waals surface area contributed by atoms with E-state index in [1.165, 1.54) is 18.1 Å². The van der Waals surface area contributed by atoms with Crippen molar-refractivity contribution in [3.8, 4) is 33.8 Å². The molecule has 2 N–H and O–H groups in total. The predicted octanol–water partition coefficient (Wildman–Crippen LogP) is 11.3. The SMILES string of the molecule is COc1cccc(CC(=O)N2C[C@H](F)C[C@H]2C(=O)Cc2cccc(-c3ccccc3Cl)c2F)c1.COc1cccc(CC(=O)O)c1.Cl.O=C(Cc1cccc(-c2ccccc2Cl)c1F)[C@@H]1C[C@@H](F)CN1.S. The molecule has 71 heavy (non-hydrogen) atoms. The van der Waals surface area contributed by atoms with E-state index in [-0.39, 0.29) is 100 Å². The van der Waals surface area contributed by atoms with E-state index >= 15 is 4.39 Å². The van der Waals surface area contributed by atoms with E-state index in [9.17, 15) is 32.3 Å². The van der Waals surface area contributed by atoms with Crippen LogP contribution in [0.15, 0.2) is 133 Å². The van der Waals surface area contributed by atoms with Crippen LogP contribution in [0, 0.1) is 11.6 Å². The first-order valence-corrected chi connectivity index (χ1v) is 22.8. The van der Waals surface area contributed by atoms with Gasteiger partial charge in [-0.05, 0) is 58.7 Å². The van der Waals surface area contributed by atoms with Gasteiger partial charge in [0.2, 0.25) is 5.91 Å². The second-order valence-corrected chi connectivity index (χ2v) is 17.3. The van der Waals surface area contributed by atoms with Crippen LogP contribution in [0.4, 0.5) is 17.6 Å². The number of methoxy groups -OCH3 is 2. The summed E-state index contributed by atoms with van der Waals surface area (Å²) in [6, 6.07) is 36.1. The highest BCUT2D eigenvalue weighted by atomic mass is 35.5. The number of hydrogen-bond acceptors (Lipinski definition) is 7. The van der Waals surface area contributed by atoms with Gasteiger partial charge in [-0.3, -0.25) is 19.2 Å². The molecule has 2 fully saturated rings. The highest BCUT2D eigenvalue weighted by Gasteiger charge is 2.39. The van der Waals surface area contributed by atoms with Gasteiger partial charge in [-0.25, -0.2) is 17.6 Å². The molecule has 2 aliphatic rings. The summed E-state index contributed by atoms with van der Waals surface area (Å²) in [5.41, 5.74) is 3.71. The molecule has 17 heteroatoms. The zero-order chi connectivity index (χ0) is 49.6. The van der Waals surface area contributed by atoms with Gasteiger partial charge < -0.3 is 24.8 Å². The molecule has 2 heterocycles. The Balaban J connectivity index is 0.000000255. The van der Waals surface area contributed by atoms with Gasteiger partial charge in [0.05, 0.1) is 45.7 Å². The Hall–Kier alpha value is -5.90. The highest BCUT2D eigenvalue weighted by molar-refractivity contribution is 7.59. The molecule has 2 aliphatic heterocycles. The number of carbonyl (C=O) groups excluding carboxylic acids is 3. The third kappa shape index (κ3) is 15.8. The Bertz CT molecular complexity index is 2790. The summed E-state index contributed by atoms with van der Waals surface area (Å²) >= 11 is 12.3. The summed E-state index contributed by atoms with van der Waals surface area (Å²) in [4.78, 5) is 49.9. The molecule has 6 aromatic rings. The highest BCUT2D eigenvalue weighted by Crippen LogP contribution is 2.33. The topological polar surface area (TPSA) is 122 Å². The molecule has 0 unspecified atom stereocenters. The first-order chi connectivity index (χ1) is 33.1. The summed E-state index contributed by atoms with van der Waals surface area (Å²) in [7, 11) is 3.09. The van der Waals surface area contributed by atoms with Crippen LogP contribution in [0.2, 0.25) is 10.0 Å². The van der Waals surface area contributed by atoms with Crippen LogP contribution in [0.3, 0.4) is 0 Å². The molecule has 9 nitrogen and oxygen atoms in total. The number of Topliss-reactive ketones (excluding diaryl/α,β-unsaturated/α-hetero) is 2. The minimum Gasteiger partial charge on any atom is -0.497 e. The van der Waals surface area contributed by atoms with Crippen molar-refractivity contribution >= 4 is 72.5 Å². The lowest BCUT2D eigenvalue weighted by Crippen LogP contribution is -2.42. The van der Waals surface area contributed by atoms with Gasteiger partial charge in [-0.1, -0.05) is 120 Å². The van der Waals surface area contributed by atoms with E-state index in [1.54, 1.807) is 135 Å². The molecule has 8 rings (SSSR count). The molecule has 0 spiro atoms. The van der Waals surface area contributed by atoms with E-state index in [0.717, 1.165) is 5.56 Å². The smallest absolute Gasteiger partial charge is 0.307 e. The maximum atomic E-state index is 15.3. The Morgan fingerprint density at radius 1 is 0.620 bits per heavy atom. The number of nitrogens with one attached hydrogen (secondary N) is 1. The quantitative estimate of drug-likeness (QED) is 0.103. The predicted molar refractivity (Wildman–Crippen MR) is 276 cm³/mol. The van der Waals surface area contributed by atoms with Crippen molar-refractivity contribution in [1.82, 2.24) is 10.2 Å². The number of alkyl halides is 2. The van der Waals surface area contributed by atoms with Crippen LogP contribution in [0.1, 0.15) is 35.1 Å². The minimum atomic E-state index is -1.30. The third-order valence-electron chi connectivity index (χ3n) is 11.6. The van der Waals surface area contributed by atoms with Crippen LogP contribution in [-0.2, 0) is 44.9 Å². The molecule has 0 bridgehead atoms. The van der Waals surface area contributed by atoms with Gasteiger partial charge in [0.25, 0.3) is 0 Å². The van der Waals surface area contributed by atoms with Crippen molar-refractivity contribution < 1.29 is 51.3 Å². The summed E-state index contributed by atoms with van der Waals surface area (Å²) in [6.07, 6.45) is -2.50. The number of likely N-dealkylation sites (tertiary alicyclic amines) is 1. The number of carbonyl (C=O) groups is 4. The fourth-order valence-corrected chi connectivity index (χ4v) is 8.62. The van der Waals surface area contributed by atoms with E-state index in [0.29, 0.717) is 49.4 Å². The van der Waals surface area contributed by atoms with Crippen molar-refractivity contribution in [2.75, 3.05) is 27.3 Å². The standard InChI is InChI=1S/C27H24ClF2NO3.C18H16ClF2NO.C9H10O3.ClH.H2S/c1-34-20-8-4-6-17(12-20)13-26(33)31-16-19(29)15-24(31)25(32)14-18-7-5-10-22(27(18)30)21-9-2-3-11-23(21)28;19-15-7-2-1-5-13(15)14-6-3-4-11(18(14)21)8-17(23)16-9-12(20)10-22-16;1-12-8-4-2-3-7(5-8)6-9(10)11;;/h2-12,19,24H,13-16H2,1H3;1-7,12,16,22H,8-10H2;2-5H,6H2,1H3,(H,10,11);1H;1H2/t19-,24+;12-,16+;;;/m11.../s1. The molecule has 2 saturated heterocycles. The molecule has 4 atom stereocenters. The number of ether oxygens (including phenoxy) is 2. The number of carboxylic acids is 1. The maximum absolute atomic E-state index is 15.3. The van der Waals surface area contributed by atoms with Crippen molar-refractivity contribution in [3.63, 3.8) is 0 Å². The maximum Gasteiger partial charge on any atom is 0.307 e. The van der Waals surface area contributed by atoms with Crippen molar-refractivity contribution in [2.45, 2.75) is 63.0 Å². The summed E-state index contributed by atoms with van der Waals surface area (Å²) < 4.78 is 67.7. The largest absolute Gasteiger partial charge is 0.497 e. The number of carboxylic acid groups (broad SMARTS) is 1. The summed E-state index contributed by atoms with van der Waals surface area (Å²) in [5.74, 6) is -1.47. The Labute approximate surface area is 433 Å². The van der Waals surface area contributed by atoms with Crippen LogP contribution in [0.25, 0.3) is 22.3 Å². The lowest BCUT2D eigenvalue weighted by atomic mass is 9.96. The van der Waals surface area contributed by atoms with E-state index in [4.69, 9.17) is 37.8 Å². The Morgan fingerprint density at radius 3 is 1.55 bits per heavy atom. The number of rotatable bonds is 14. The molecule has 0 aliphatic carbocycles. The lowest BCUT2D eigenvalue weighted by molar-refractivity contribution is -0.137. The normalized spacial score (nSPS) is 16.7. The van der Waals surface area contributed by atoms with Crippen molar-refractivity contribution in [3.05, 3.63) is 177 Å². The van der Waals surface area contributed by atoms with Crippen LogP contribution in [0.5, 0.6) is 11.5 Å². The molecule has 0 aromatic heterocycles. The van der Waals surface area contributed by atoms with E-state index < -0.39 is 47.8 Å². The second kappa shape index (κ2) is 27.6. The van der Waals surface area contributed by atoms with Gasteiger partial charge in [0.15, 0.2) is 11.6 Å². The van der Waals surface area contributed by atoms with Gasteiger partial charge in [0, 0.05) is 64.5 Å². The van der Waals surface area contributed by atoms with Crippen LogP contribution < -0.4 is 14.8 Å². The molecular formula is C54H53Cl3F4N2O7S. The van der Waals surface area contributed by atoms with Crippen LogP contribution in [-0.4, -0.2) is 85.2 Å². The summed E-state index contributed by atoms with van der Waals surface area (Å²) in [5, 5.41) is 12.2. The lowest BCUT2D eigenvalue weighted by Gasteiger charge is -2.24. The zero-order valence-corrected chi connectivity index (χ0v) is 42.0. The first kappa shape index (κ1) is 57.7. The summed E-state index contributed by atoms with van der Waals surface area (Å²) in [6.45, 7) is 0.0277. The fourth-order valence-electron chi connectivity index (χ4n) is 8.14. The van der Waals surface area contributed by atoms with Gasteiger partial charge in [-0.15, -0.1) is 12.4 Å². The second-order valence-electron chi connectivity index (χ2n) is 16.4. The van der Waals surface area contributed by atoms with Gasteiger partial charge in [-0.2, -0.15) is 13.5 Å². The Morgan fingerprint density at radius 2 is 1.08 bits per heavy atom. The molecule has 376 valence electrons. The average Bonchev–Trinajstić information content (AvgIpc) is 3.97. The van der Waals surface area contributed by atoms with Crippen molar-refractivity contribution in [2.24, 2.45) is 0 Å².